The summed E-state index contributed by atoms with van der Waals surface area (Å²) in [7, 11) is 0. The standard InChI is InChI=1S/C22H21ClN4O2/c1-16-13-18(7-8-19(16)23)29-21-14-20(24-15-25-21)26-9-11-27(12-10-26)22(28)17-5-3-2-4-6-17/h2-8,13-15H,9-12H2,1H3. The zero-order chi connectivity index (χ0) is 20.2. The summed E-state index contributed by atoms with van der Waals surface area (Å²) in [5.74, 6) is 2.00. The summed E-state index contributed by atoms with van der Waals surface area (Å²) in [5.41, 5.74) is 1.66. The van der Waals surface area contributed by atoms with Crippen LogP contribution in [0.1, 0.15) is 15.9 Å². The summed E-state index contributed by atoms with van der Waals surface area (Å²) in [6.07, 6.45) is 1.49. The van der Waals surface area contributed by atoms with E-state index in [0.717, 1.165) is 16.9 Å². The molecule has 0 N–H and O–H groups in total. The van der Waals surface area contributed by atoms with Gasteiger partial charge >= 0.3 is 0 Å². The van der Waals surface area contributed by atoms with Crippen LogP contribution in [0.4, 0.5) is 5.82 Å². The van der Waals surface area contributed by atoms with Gasteiger partial charge in [0.05, 0.1) is 0 Å². The number of amides is 1. The van der Waals surface area contributed by atoms with Crippen LogP contribution in [-0.4, -0.2) is 47.0 Å². The quantitative estimate of drug-likeness (QED) is 0.647. The normalized spacial score (nSPS) is 14.0. The van der Waals surface area contributed by atoms with Crippen LogP contribution >= 0.6 is 11.6 Å². The van der Waals surface area contributed by atoms with Crippen molar-refractivity contribution in [1.29, 1.82) is 0 Å². The molecule has 0 aliphatic carbocycles. The zero-order valence-electron chi connectivity index (χ0n) is 16.1. The molecule has 1 saturated heterocycles. The molecule has 1 fully saturated rings. The molecule has 7 heteroatoms. The number of halogens is 1. The van der Waals surface area contributed by atoms with Crippen molar-refractivity contribution >= 4 is 23.3 Å². The minimum Gasteiger partial charge on any atom is -0.439 e. The zero-order valence-corrected chi connectivity index (χ0v) is 16.8. The van der Waals surface area contributed by atoms with E-state index in [1.807, 2.05) is 60.4 Å². The first-order valence-electron chi connectivity index (χ1n) is 9.45. The molecule has 0 radical (unpaired) electrons. The van der Waals surface area contributed by atoms with E-state index in [0.29, 0.717) is 42.8 Å². The molecule has 0 spiro atoms. The summed E-state index contributed by atoms with van der Waals surface area (Å²) < 4.78 is 5.86. The molecule has 0 unspecified atom stereocenters. The number of aryl methyl sites for hydroxylation is 1. The Balaban J connectivity index is 1.40. The molecule has 1 aliphatic heterocycles. The van der Waals surface area contributed by atoms with Gasteiger partial charge < -0.3 is 14.5 Å². The van der Waals surface area contributed by atoms with Crippen molar-refractivity contribution in [3.8, 4) is 11.6 Å². The molecule has 1 aliphatic rings. The second-order valence-electron chi connectivity index (χ2n) is 6.87. The number of rotatable bonds is 4. The average Bonchev–Trinajstić information content (AvgIpc) is 2.77. The van der Waals surface area contributed by atoms with Crippen LogP contribution < -0.4 is 9.64 Å². The molecule has 2 heterocycles. The third kappa shape index (κ3) is 4.49. The third-order valence-corrected chi connectivity index (χ3v) is 5.32. The summed E-state index contributed by atoms with van der Waals surface area (Å²) in [4.78, 5) is 25.2. The van der Waals surface area contributed by atoms with Gasteiger partial charge in [0.1, 0.15) is 17.9 Å². The van der Waals surface area contributed by atoms with Crippen LogP contribution in [0.3, 0.4) is 0 Å². The Kier molecular flexibility index (Phi) is 5.62. The fourth-order valence-electron chi connectivity index (χ4n) is 3.26. The number of piperazine rings is 1. The lowest BCUT2D eigenvalue weighted by atomic mass is 10.2. The van der Waals surface area contributed by atoms with E-state index in [1.165, 1.54) is 6.33 Å². The SMILES string of the molecule is Cc1cc(Oc2cc(N3CCN(C(=O)c4ccccc4)CC3)ncn2)ccc1Cl. The number of carbonyl (C=O) groups is 1. The van der Waals surface area contributed by atoms with Gasteiger partial charge in [-0.15, -0.1) is 0 Å². The summed E-state index contributed by atoms with van der Waals surface area (Å²) in [6.45, 7) is 4.62. The van der Waals surface area contributed by atoms with E-state index in [4.69, 9.17) is 16.3 Å². The van der Waals surface area contributed by atoms with E-state index in [2.05, 4.69) is 14.9 Å². The largest absolute Gasteiger partial charge is 0.439 e. The van der Waals surface area contributed by atoms with Crippen LogP contribution in [0.5, 0.6) is 11.6 Å². The molecule has 0 bridgehead atoms. The Labute approximate surface area is 174 Å². The molecule has 0 saturated carbocycles. The van der Waals surface area contributed by atoms with Gasteiger partial charge in [0.15, 0.2) is 0 Å². The van der Waals surface area contributed by atoms with Crippen molar-refractivity contribution in [3.63, 3.8) is 0 Å². The smallest absolute Gasteiger partial charge is 0.253 e. The highest BCUT2D eigenvalue weighted by molar-refractivity contribution is 6.31. The van der Waals surface area contributed by atoms with E-state index in [9.17, 15) is 4.79 Å². The van der Waals surface area contributed by atoms with Gasteiger partial charge in [-0.1, -0.05) is 29.8 Å². The predicted octanol–water partition coefficient (Wildman–Crippen LogP) is 4.19. The summed E-state index contributed by atoms with van der Waals surface area (Å²) >= 11 is 6.07. The van der Waals surface area contributed by atoms with E-state index in [1.54, 1.807) is 6.07 Å². The van der Waals surface area contributed by atoms with Gasteiger partial charge in [0.2, 0.25) is 5.88 Å². The molecule has 148 valence electrons. The first kappa shape index (κ1) is 19.2. The second-order valence-corrected chi connectivity index (χ2v) is 7.28. The minimum absolute atomic E-state index is 0.0649. The van der Waals surface area contributed by atoms with Crippen LogP contribution in [0, 0.1) is 6.92 Å². The highest BCUT2D eigenvalue weighted by Crippen LogP contribution is 2.26. The molecule has 1 amide bonds. The Morgan fingerprint density at radius 3 is 2.48 bits per heavy atom. The van der Waals surface area contributed by atoms with Crippen LogP contribution in [0.15, 0.2) is 60.9 Å². The van der Waals surface area contributed by atoms with Crippen molar-refractivity contribution in [2.45, 2.75) is 6.92 Å². The molecule has 1 aromatic heterocycles. The summed E-state index contributed by atoms with van der Waals surface area (Å²) in [5, 5.41) is 0.698. The lowest BCUT2D eigenvalue weighted by molar-refractivity contribution is 0.0746. The third-order valence-electron chi connectivity index (χ3n) is 4.89. The Morgan fingerprint density at radius 2 is 1.76 bits per heavy atom. The van der Waals surface area contributed by atoms with Gasteiger partial charge in [-0.25, -0.2) is 9.97 Å². The second kappa shape index (κ2) is 8.49. The molecule has 2 aromatic carbocycles. The fourth-order valence-corrected chi connectivity index (χ4v) is 3.38. The predicted molar refractivity (Wildman–Crippen MR) is 113 cm³/mol. The number of hydrogen-bond acceptors (Lipinski definition) is 5. The Bertz CT molecular complexity index is 1000. The molecule has 4 rings (SSSR count). The summed E-state index contributed by atoms with van der Waals surface area (Å²) in [6, 6.07) is 16.7. The van der Waals surface area contributed by atoms with Crippen molar-refractivity contribution in [2.24, 2.45) is 0 Å². The molecular weight excluding hydrogens is 388 g/mol. The number of benzene rings is 2. The minimum atomic E-state index is 0.0649. The maximum absolute atomic E-state index is 12.6. The van der Waals surface area contributed by atoms with E-state index in [-0.39, 0.29) is 5.91 Å². The maximum Gasteiger partial charge on any atom is 0.253 e. The Hall–Kier alpha value is -3.12. The number of anilines is 1. The number of hydrogen-bond donors (Lipinski definition) is 0. The fraction of sp³-hybridized carbons (Fsp3) is 0.227. The van der Waals surface area contributed by atoms with Crippen molar-refractivity contribution in [1.82, 2.24) is 14.9 Å². The first-order valence-corrected chi connectivity index (χ1v) is 9.83. The topological polar surface area (TPSA) is 58.6 Å². The van der Waals surface area contributed by atoms with Gasteiger partial charge in [0.25, 0.3) is 5.91 Å². The molecule has 0 atom stereocenters. The molecule has 6 nitrogen and oxygen atoms in total. The lowest BCUT2D eigenvalue weighted by Gasteiger charge is -2.35. The van der Waals surface area contributed by atoms with E-state index >= 15 is 0 Å². The van der Waals surface area contributed by atoms with Crippen molar-refractivity contribution in [2.75, 3.05) is 31.1 Å². The highest BCUT2D eigenvalue weighted by atomic mass is 35.5. The Morgan fingerprint density at radius 1 is 1.00 bits per heavy atom. The van der Waals surface area contributed by atoms with Gasteiger partial charge in [0, 0.05) is 42.8 Å². The molecule has 3 aromatic rings. The van der Waals surface area contributed by atoms with Gasteiger partial charge in [-0.3, -0.25) is 4.79 Å². The van der Waals surface area contributed by atoms with Crippen molar-refractivity contribution in [3.05, 3.63) is 77.1 Å². The van der Waals surface area contributed by atoms with Crippen LogP contribution in [-0.2, 0) is 0 Å². The van der Waals surface area contributed by atoms with E-state index < -0.39 is 0 Å². The molecule has 29 heavy (non-hydrogen) atoms. The monoisotopic (exact) mass is 408 g/mol. The first-order chi connectivity index (χ1) is 14.1. The average molecular weight is 409 g/mol. The lowest BCUT2D eigenvalue weighted by Crippen LogP contribution is -2.49. The number of ether oxygens (including phenoxy) is 1. The van der Waals surface area contributed by atoms with Gasteiger partial charge in [-0.05, 0) is 42.8 Å². The number of nitrogens with zero attached hydrogens (tertiary/aromatic N) is 4. The van der Waals surface area contributed by atoms with Crippen molar-refractivity contribution < 1.29 is 9.53 Å². The van der Waals surface area contributed by atoms with Gasteiger partial charge in [-0.2, -0.15) is 0 Å². The van der Waals surface area contributed by atoms with Crippen LogP contribution in [0.25, 0.3) is 0 Å². The number of aromatic nitrogens is 2. The molecular formula is C22H21ClN4O2. The van der Waals surface area contributed by atoms with Crippen LogP contribution in [0.2, 0.25) is 5.02 Å². The highest BCUT2D eigenvalue weighted by Gasteiger charge is 2.23. The number of carbonyl (C=O) groups excluding carboxylic acids is 1. The maximum atomic E-state index is 12.6.